The molecule has 2 aliphatic rings. The van der Waals surface area contributed by atoms with Gasteiger partial charge in [-0.3, -0.25) is 18.7 Å². The molecule has 1 saturated carbocycles. The monoisotopic (exact) mass is 507 g/mol. The Morgan fingerprint density at radius 3 is 2.44 bits per heavy atom. The van der Waals surface area contributed by atoms with Crippen LogP contribution in [0.5, 0.6) is 0 Å². The number of fused-ring (bicyclic) bond motifs is 1. The molecule has 2 fully saturated rings. The van der Waals surface area contributed by atoms with E-state index < -0.39 is 7.58 Å². The van der Waals surface area contributed by atoms with Crippen LogP contribution in [0.3, 0.4) is 0 Å². The maximum absolute atomic E-state index is 13.4. The number of piperazine rings is 1. The van der Waals surface area contributed by atoms with Gasteiger partial charge in [0.25, 0.3) is 5.56 Å². The summed E-state index contributed by atoms with van der Waals surface area (Å²) in [7, 11) is -1.54. The van der Waals surface area contributed by atoms with Gasteiger partial charge in [0, 0.05) is 43.8 Å². The molecule has 1 saturated heterocycles. The summed E-state index contributed by atoms with van der Waals surface area (Å²) in [6, 6.07) is 3.88. The van der Waals surface area contributed by atoms with Crippen molar-refractivity contribution in [2.45, 2.75) is 45.6 Å². The molecule has 3 aromatic rings. The molecule has 5 rings (SSSR count). The molecule has 1 N–H and O–H groups in total. The third kappa shape index (κ3) is 4.58. The van der Waals surface area contributed by atoms with Crippen molar-refractivity contribution in [3.8, 4) is 0 Å². The van der Waals surface area contributed by atoms with E-state index in [0.717, 1.165) is 44.5 Å². The number of nitrogens with zero attached hydrogens (tertiary/aromatic N) is 6. The van der Waals surface area contributed by atoms with Gasteiger partial charge >= 0.3 is 0 Å². The molecule has 10 nitrogen and oxygen atoms in total. The Balaban J connectivity index is 1.43. The van der Waals surface area contributed by atoms with Crippen LogP contribution in [0.4, 0.5) is 17.5 Å². The minimum atomic E-state index is -1.54. The topological polar surface area (TPSA) is 113 Å². The standard InChI is InChI=1S/C25H30N7O3P/c1-16-20-15-27-25(29-23(20)32(18-6-4-5-7-18)24(34)22(16)17(2)33)28-21-9-8-19(14-26-21)30-10-12-31(13-11-30)36(3)35/h8-9,14-15,18H,3-7,10-13H2,1-2H3,(H,26,27,28,29). The smallest absolute Gasteiger partial charge is 0.263 e. The number of aryl methyl sites for hydroxylation is 1. The van der Waals surface area contributed by atoms with Crippen molar-refractivity contribution < 1.29 is 9.36 Å². The Labute approximate surface area is 209 Å². The summed E-state index contributed by atoms with van der Waals surface area (Å²) < 4.78 is 15.2. The molecule has 0 aromatic carbocycles. The molecule has 1 unspecified atom stereocenters. The predicted molar refractivity (Wildman–Crippen MR) is 142 cm³/mol. The Hall–Kier alpha value is -3.36. The number of rotatable bonds is 6. The van der Waals surface area contributed by atoms with E-state index in [9.17, 15) is 14.2 Å². The number of nitrogens with one attached hydrogen (secondary N) is 1. The highest BCUT2D eigenvalue weighted by molar-refractivity contribution is 7.40. The number of ketones is 1. The largest absolute Gasteiger partial charge is 0.368 e. The number of carbonyl (C=O) groups excluding carboxylic acids is 1. The summed E-state index contributed by atoms with van der Waals surface area (Å²) in [5.41, 5.74) is 2.11. The highest BCUT2D eigenvalue weighted by Crippen LogP contribution is 2.32. The number of hydrogen-bond donors (Lipinski definition) is 1. The third-order valence-electron chi connectivity index (χ3n) is 7.17. The minimum Gasteiger partial charge on any atom is -0.368 e. The van der Waals surface area contributed by atoms with Crippen LogP contribution in [-0.2, 0) is 4.57 Å². The third-order valence-corrected chi connectivity index (χ3v) is 8.21. The van der Waals surface area contributed by atoms with Crippen molar-refractivity contribution in [3.05, 3.63) is 46.0 Å². The van der Waals surface area contributed by atoms with Gasteiger partial charge < -0.3 is 10.2 Å². The summed E-state index contributed by atoms with van der Waals surface area (Å²) in [5, 5.41) is 3.86. The number of aromatic nitrogens is 4. The summed E-state index contributed by atoms with van der Waals surface area (Å²) in [6.45, 7) is 6.15. The average Bonchev–Trinajstić information content (AvgIpc) is 3.39. The second-order valence-corrected chi connectivity index (χ2v) is 10.7. The first-order valence-electron chi connectivity index (χ1n) is 12.3. The van der Waals surface area contributed by atoms with Crippen LogP contribution in [0.25, 0.3) is 11.0 Å². The van der Waals surface area contributed by atoms with Gasteiger partial charge in [-0.25, -0.2) is 14.6 Å². The van der Waals surface area contributed by atoms with Gasteiger partial charge in [-0.2, -0.15) is 4.98 Å². The number of anilines is 3. The Morgan fingerprint density at radius 2 is 1.83 bits per heavy atom. The zero-order chi connectivity index (χ0) is 25.4. The van der Waals surface area contributed by atoms with Crippen molar-refractivity contribution in [1.29, 1.82) is 0 Å². The van der Waals surface area contributed by atoms with E-state index in [1.807, 2.05) is 16.8 Å². The van der Waals surface area contributed by atoms with Gasteiger partial charge in [-0.15, -0.1) is 0 Å². The highest BCUT2D eigenvalue weighted by atomic mass is 31.1. The summed E-state index contributed by atoms with van der Waals surface area (Å²) in [5.74, 6) is 0.695. The van der Waals surface area contributed by atoms with E-state index in [1.54, 1.807) is 23.9 Å². The molecule has 0 amide bonds. The molecule has 1 aliphatic heterocycles. The maximum Gasteiger partial charge on any atom is 0.263 e. The molecule has 11 heteroatoms. The van der Waals surface area contributed by atoms with Crippen LogP contribution in [-0.4, -0.2) is 62.5 Å². The fraction of sp³-hybridized carbons (Fsp3) is 0.440. The molecule has 1 aliphatic carbocycles. The van der Waals surface area contributed by atoms with Crippen LogP contribution in [0, 0.1) is 6.92 Å². The summed E-state index contributed by atoms with van der Waals surface area (Å²) in [4.78, 5) is 41.6. The quantitative estimate of drug-likeness (QED) is 0.393. The van der Waals surface area contributed by atoms with Crippen molar-refractivity contribution in [3.63, 3.8) is 0 Å². The fourth-order valence-electron chi connectivity index (χ4n) is 5.25. The lowest BCUT2D eigenvalue weighted by atomic mass is 10.0. The Morgan fingerprint density at radius 1 is 1.11 bits per heavy atom. The first-order chi connectivity index (χ1) is 17.3. The molecular formula is C25H30N7O3P. The molecule has 188 valence electrons. The maximum atomic E-state index is 13.4. The van der Waals surface area contributed by atoms with E-state index in [2.05, 4.69) is 26.5 Å². The first kappa shape index (κ1) is 24.3. The lowest BCUT2D eigenvalue weighted by molar-refractivity contribution is 0.101. The molecule has 4 heterocycles. The van der Waals surface area contributed by atoms with Gasteiger partial charge in [0.1, 0.15) is 11.5 Å². The van der Waals surface area contributed by atoms with E-state index in [1.165, 1.54) is 6.92 Å². The number of carbonyl (C=O) groups is 1. The van der Waals surface area contributed by atoms with Gasteiger partial charge in [0.2, 0.25) is 5.95 Å². The normalized spacial score (nSPS) is 17.5. The lowest BCUT2D eigenvalue weighted by Gasteiger charge is -2.33. The molecular weight excluding hydrogens is 477 g/mol. The van der Waals surface area contributed by atoms with Crippen LogP contribution >= 0.6 is 7.58 Å². The molecule has 0 radical (unpaired) electrons. The zero-order valence-corrected chi connectivity index (χ0v) is 21.5. The van der Waals surface area contributed by atoms with Gasteiger partial charge in [-0.1, -0.05) is 12.8 Å². The molecule has 0 bridgehead atoms. The SMILES string of the molecule is C=P(=O)N1CCN(c2ccc(Nc3ncc4c(C)c(C(C)=O)c(=O)n(C5CCCC5)c4n3)nc2)CC1. The second-order valence-electron chi connectivity index (χ2n) is 9.42. The molecule has 3 aromatic heterocycles. The summed E-state index contributed by atoms with van der Waals surface area (Å²) in [6.07, 6.45) is 11.0. The lowest BCUT2D eigenvalue weighted by Crippen LogP contribution is -2.42. The van der Waals surface area contributed by atoms with Crippen molar-refractivity contribution in [2.75, 3.05) is 36.4 Å². The number of hydrogen-bond acceptors (Lipinski definition) is 8. The second kappa shape index (κ2) is 9.95. The van der Waals surface area contributed by atoms with Crippen LogP contribution in [0.15, 0.2) is 29.3 Å². The Bertz CT molecular complexity index is 1430. The minimum absolute atomic E-state index is 0.0287. The molecule has 36 heavy (non-hydrogen) atoms. The van der Waals surface area contributed by atoms with Crippen LogP contribution < -0.4 is 15.8 Å². The predicted octanol–water partition coefficient (Wildman–Crippen LogP) is 3.85. The first-order valence-corrected chi connectivity index (χ1v) is 13.7. The molecule has 0 spiro atoms. The Kier molecular flexibility index (Phi) is 6.73. The number of Topliss-reactive ketones (excluding diaryl/α,β-unsaturated/α-hetero) is 1. The van der Waals surface area contributed by atoms with E-state index >= 15 is 0 Å². The van der Waals surface area contributed by atoms with E-state index in [-0.39, 0.29) is 22.9 Å². The summed E-state index contributed by atoms with van der Waals surface area (Å²) >= 11 is 0. The zero-order valence-electron chi connectivity index (χ0n) is 20.6. The van der Waals surface area contributed by atoms with E-state index in [4.69, 9.17) is 4.98 Å². The number of pyridine rings is 2. The fourth-order valence-corrected chi connectivity index (χ4v) is 5.87. The van der Waals surface area contributed by atoms with Crippen LogP contribution in [0.1, 0.15) is 54.6 Å². The van der Waals surface area contributed by atoms with Crippen molar-refractivity contribution >= 4 is 48.1 Å². The highest BCUT2D eigenvalue weighted by Gasteiger charge is 2.26. The van der Waals surface area contributed by atoms with Gasteiger partial charge in [0.15, 0.2) is 13.4 Å². The van der Waals surface area contributed by atoms with Crippen LogP contribution in [0.2, 0.25) is 0 Å². The van der Waals surface area contributed by atoms with Gasteiger partial charge in [-0.05, 0) is 50.7 Å². The van der Waals surface area contributed by atoms with E-state index in [0.29, 0.717) is 41.5 Å². The average molecular weight is 508 g/mol. The molecule has 1 atom stereocenters. The van der Waals surface area contributed by atoms with Gasteiger partial charge in [0.05, 0.1) is 17.4 Å². The van der Waals surface area contributed by atoms with Crippen molar-refractivity contribution in [2.24, 2.45) is 0 Å². The van der Waals surface area contributed by atoms with Crippen molar-refractivity contribution in [1.82, 2.24) is 24.2 Å².